The van der Waals surface area contributed by atoms with E-state index in [1.54, 1.807) is 49.6 Å². The fraction of sp³-hybridized carbons (Fsp3) is 0.241. The Balaban J connectivity index is 1.95. The number of carbonyl (C=O) groups excluding carboxylic acids is 2. The topological polar surface area (TPSA) is 76.1 Å². The molecular formula is C29H29NO5. The highest BCUT2D eigenvalue weighted by Gasteiger charge is 2.47. The van der Waals surface area contributed by atoms with Crippen LogP contribution in [0.15, 0.2) is 72.3 Å². The van der Waals surface area contributed by atoms with Gasteiger partial charge in [-0.1, -0.05) is 36.4 Å². The number of aliphatic hydroxyl groups excluding tert-OH is 1. The molecule has 1 atom stereocenters. The fourth-order valence-corrected chi connectivity index (χ4v) is 4.33. The lowest BCUT2D eigenvalue weighted by atomic mass is 9.94. The molecular weight excluding hydrogens is 442 g/mol. The lowest BCUT2D eigenvalue weighted by Crippen LogP contribution is -2.30. The average molecular weight is 472 g/mol. The first-order valence-corrected chi connectivity index (χ1v) is 11.5. The highest BCUT2D eigenvalue weighted by Crippen LogP contribution is 2.44. The Kier molecular flexibility index (Phi) is 6.65. The number of hydrogen-bond acceptors (Lipinski definition) is 5. The molecule has 0 spiro atoms. The number of rotatable bonds is 6. The van der Waals surface area contributed by atoms with E-state index in [4.69, 9.17) is 9.47 Å². The van der Waals surface area contributed by atoms with Crippen LogP contribution in [0.25, 0.3) is 5.76 Å². The molecule has 3 aromatic rings. The number of carbonyl (C=O) groups is 2. The molecule has 4 rings (SSSR count). The van der Waals surface area contributed by atoms with E-state index in [0.29, 0.717) is 28.3 Å². The number of Topliss-reactive ketones (excluding diaryl/α,β-unsaturated/α-hetero) is 1. The van der Waals surface area contributed by atoms with Gasteiger partial charge in [-0.15, -0.1) is 0 Å². The Morgan fingerprint density at radius 1 is 0.943 bits per heavy atom. The number of aliphatic hydroxyl groups is 1. The molecule has 6 nitrogen and oxygen atoms in total. The third-order valence-electron chi connectivity index (χ3n) is 5.96. The lowest BCUT2D eigenvalue weighted by Gasteiger charge is -2.27. The van der Waals surface area contributed by atoms with Crippen molar-refractivity contribution in [3.63, 3.8) is 0 Å². The number of aryl methyl sites for hydroxylation is 2. The van der Waals surface area contributed by atoms with Gasteiger partial charge in [-0.05, 0) is 74.7 Å². The second-order valence-corrected chi connectivity index (χ2v) is 8.93. The van der Waals surface area contributed by atoms with Gasteiger partial charge in [0.1, 0.15) is 17.3 Å². The van der Waals surface area contributed by atoms with E-state index in [1.165, 1.54) is 4.90 Å². The third-order valence-corrected chi connectivity index (χ3v) is 5.96. The first-order chi connectivity index (χ1) is 16.7. The summed E-state index contributed by atoms with van der Waals surface area (Å²) in [6.45, 7) is 7.64. The van der Waals surface area contributed by atoms with Crippen molar-refractivity contribution in [3.8, 4) is 11.5 Å². The van der Waals surface area contributed by atoms with Crippen LogP contribution in [0, 0.1) is 13.8 Å². The number of ether oxygens (including phenoxy) is 2. The summed E-state index contributed by atoms with van der Waals surface area (Å²) in [6.07, 6.45) is -0.0564. The van der Waals surface area contributed by atoms with Crippen LogP contribution in [0.2, 0.25) is 0 Å². The van der Waals surface area contributed by atoms with Crippen LogP contribution >= 0.6 is 0 Å². The minimum absolute atomic E-state index is 0.0193. The first kappa shape index (κ1) is 24.1. The molecule has 1 N–H and O–H groups in total. The Bertz CT molecular complexity index is 1320. The van der Waals surface area contributed by atoms with Gasteiger partial charge >= 0.3 is 0 Å². The van der Waals surface area contributed by atoms with Crippen LogP contribution in [-0.4, -0.2) is 30.0 Å². The van der Waals surface area contributed by atoms with Gasteiger partial charge in [0.15, 0.2) is 0 Å². The smallest absolute Gasteiger partial charge is 0.300 e. The molecule has 6 heteroatoms. The van der Waals surface area contributed by atoms with E-state index in [0.717, 1.165) is 11.1 Å². The van der Waals surface area contributed by atoms with E-state index in [9.17, 15) is 14.7 Å². The van der Waals surface area contributed by atoms with Crippen molar-refractivity contribution < 1.29 is 24.2 Å². The third kappa shape index (κ3) is 4.64. The van der Waals surface area contributed by atoms with E-state index in [2.05, 4.69) is 0 Å². The van der Waals surface area contributed by atoms with Crippen LogP contribution in [0.3, 0.4) is 0 Å². The number of amides is 1. The minimum atomic E-state index is -0.833. The SMILES string of the molecule is COc1cccc(C2/C(=C(\O)c3cccc(OC(C)C)c3)C(=O)C(=O)N2c2cc(C)ccc2C)c1. The van der Waals surface area contributed by atoms with Crippen LogP contribution in [-0.2, 0) is 9.59 Å². The molecule has 1 aliphatic heterocycles. The second kappa shape index (κ2) is 9.66. The van der Waals surface area contributed by atoms with Crippen molar-refractivity contribution in [2.75, 3.05) is 12.0 Å². The quantitative estimate of drug-likeness (QED) is 0.282. The highest BCUT2D eigenvalue weighted by molar-refractivity contribution is 6.51. The molecule has 1 amide bonds. The van der Waals surface area contributed by atoms with Crippen molar-refractivity contribution in [3.05, 3.63) is 94.6 Å². The van der Waals surface area contributed by atoms with Gasteiger partial charge in [0, 0.05) is 11.3 Å². The van der Waals surface area contributed by atoms with E-state index in [1.807, 2.05) is 52.0 Å². The number of ketones is 1. The van der Waals surface area contributed by atoms with Crippen molar-refractivity contribution in [1.29, 1.82) is 0 Å². The number of anilines is 1. The van der Waals surface area contributed by atoms with Gasteiger partial charge in [-0.3, -0.25) is 14.5 Å². The van der Waals surface area contributed by atoms with Gasteiger partial charge in [-0.2, -0.15) is 0 Å². The van der Waals surface area contributed by atoms with Crippen LogP contribution in [0.1, 0.15) is 42.1 Å². The van der Waals surface area contributed by atoms with Gasteiger partial charge in [-0.25, -0.2) is 0 Å². The summed E-state index contributed by atoms with van der Waals surface area (Å²) in [7, 11) is 1.56. The Hall–Kier alpha value is -4.06. The molecule has 0 saturated carbocycles. The lowest BCUT2D eigenvalue weighted by molar-refractivity contribution is -0.132. The van der Waals surface area contributed by atoms with E-state index < -0.39 is 17.7 Å². The van der Waals surface area contributed by atoms with Crippen LogP contribution in [0.5, 0.6) is 11.5 Å². The second-order valence-electron chi connectivity index (χ2n) is 8.93. The van der Waals surface area contributed by atoms with Gasteiger partial charge < -0.3 is 14.6 Å². The van der Waals surface area contributed by atoms with Crippen molar-refractivity contribution in [1.82, 2.24) is 0 Å². The predicted octanol–water partition coefficient (Wildman–Crippen LogP) is 5.73. The summed E-state index contributed by atoms with van der Waals surface area (Å²) in [4.78, 5) is 28.3. The predicted molar refractivity (Wildman–Crippen MR) is 136 cm³/mol. The molecule has 0 aliphatic carbocycles. The molecule has 0 radical (unpaired) electrons. The molecule has 1 fully saturated rings. The summed E-state index contributed by atoms with van der Waals surface area (Å²) in [6, 6.07) is 19.0. The first-order valence-electron chi connectivity index (χ1n) is 11.5. The molecule has 0 bridgehead atoms. The fourth-order valence-electron chi connectivity index (χ4n) is 4.33. The van der Waals surface area contributed by atoms with E-state index >= 15 is 0 Å². The van der Waals surface area contributed by atoms with E-state index in [-0.39, 0.29) is 17.4 Å². The van der Waals surface area contributed by atoms with Crippen LogP contribution < -0.4 is 14.4 Å². The Morgan fingerprint density at radius 2 is 1.66 bits per heavy atom. The summed E-state index contributed by atoms with van der Waals surface area (Å²) >= 11 is 0. The van der Waals surface area contributed by atoms with Crippen LogP contribution in [0.4, 0.5) is 5.69 Å². The molecule has 180 valence electrons. The van der Waals surface area contributed by atoms with Gasteiger partial charge in [0.05, 0.1) is 24.8 Å². The Labute approximate surface area is 205 Å². The zero-order chi connectivity index (χ0) is 25.3. The normalized spacial score (nSPS) is 17.2. The summed E-state index contributed by atoms with van der Waals surface area (Å²) in [5.41, 5.74) is 3.49. The maximum absolute atomic E-state index is 13.4. The highest BCUT2D eigenvalue weighted by atomic mass is 16.5. The summed E-state index contributed by atoms with van der Waals surface area (Å²) in [5, 5.41) is 11.4. The number of benzene rings is 3. The average Bonchev–Trinajstić information content (AvgIpc) is 3.10. The maximum atomic E-state index is 13.4. The monoisotopic (exact) mass is 471 g/mol. The molecule has 1 heterocycles. The molecule has 1 saturated heterocycles. The largest absolute Gasteiger partial charge is 0.507 e. The van der Waals surface area contributed by atoms with Crippen molar-refractivity contribution >= 4 is 23.1 Å². The maximum Gasteiger partial charge on any atom is 0.300 e. The molecule has 0 aromatic heterocycles. The van der Waals surface area contributed by atoms with Gasteiger partial charge in [0.2, 0.25) is 0 Å². The summed E-state index contributed by atoms with van der Waals surface area (Å²) in [5.74, 6) is -0.542. The number of nitrogens with zero attached hydrogens (tertiary/aromatic N) is 1. The molecule has 35 heavy (non-hydrogen) atoms. The molecule has 3 aromatic carbocycles. The molecule has 1 aliphatic rings. The number of methoxy groups -OCH3 is 1. The summed E-state index contributed by atoms with van der Waals surface area (Å²) < 4.78 is 11.2. The van der Waals surface area contributed by atoms with Crippen molar-refractivity contribution in [2.24, 2.45) is 0 Å². The number of hydrogen-bond donors (Lipinski definition) is 1. The zero-order valence-electron chi connectivity index (χ0n) is 20.5. The Morgan fingerprint density at radius 3 is 2.37 bits per heavy atom. The van der Waals surface area contributed by atoms with Crippen molar-refractivity contribution in [2.45, 2.75) is 39.8 Å². The minimum Gasteiger partial charge on any atom is -0.507 e. The standard InChI is InChI=1S/C29H29NO5/c1-17(2)35-23-11-7-9-21(16-23)27(31)25-26(20-8-6-10-22(15-20)34-5)30(29(33)28(25)32)24-14-18(3)12-13-19(24)4/h6-17,26,31H,1-5H3/b27-25+. The molecule has 1 unspecified atom stereocenters. The van der Waals surface area contributed by atoms with Gasteiger partial charge in [0.25, 0.3) is 11.7 Å². The zero-order valence-corrected chi connectivity index (χ0v) is 20.5.